The van der Waals surface area contributed by atoms with Crippen molar-refractivity contribution in [3.05, 3.63) is 35.0 Å². The Bertz CT molecular complexity index is 638. The van der Waals surface area contributed by atoms with E-state index in [1.807, 2.05) is 0 Å². The first kappa shape index (κ1) is 12.7. The topological polar surface area (TPSA) is 8.17 Å². The average Bonchev–Trinajstić information content (AvgIpc) is 2.63. The van der Waals surface area contributed by atoms with Gasteiger partial charge in [-0.05, 0) is 38.1 Å². The lowest BCUT2D eigenvalue weighted by molar-refractivity contribution is 0.212. The fourth-order valence-corrected chi connectivity index (χ4v) is 3.84. The van der Waals surface area contributed by atoms with Crippen LogP contribution in [0.5, 0.6) is 0 Å². The number of fused-ring (bicyclic) bond motifs is 3. The minimum atomic E-state index is 0.268. The Morgan fingerprint density at radius 1 is 1.26 bits per heavy atom. The summed E-state index contributed by atoms with van der Waals surface area (Å²) in [5.41, 5.74) is 6.09. The van der Waals surface area contributed by atoms with Gasteiger partial charge in [0.05, 0.1) is 0 Å². The van der Waals surface area contributed by atoms with Crippen LogP contribution in [0.25, 0.3) is 10.9 Å². The second-order valence-corrected chi connectivity index (χ2v) is 6.49. The summed E-state index contributed by atoms with van der Waals surface area (Å²) in [7, 11) is 4.47. The van der Waals surface area contributed by atoms with Gasteiger partial charge in [0.2, 0.25) is 0 Å². The molecule has 2 heteroatoms. The number of benzene rings is 1. The zero-order chi connectivity index (χ0) is 13.8. The van der Waals surface area contributed by atoms with Crippen LogP contribution in [0.3, 0.4) is 0 Å². The van der Waals surface area contributed by atoms with Gasteiger partial charge in [-0.25, -0.2) is 0 Å². The number of rotatable bonds is 1. The number of likely N-dealkylation sites (N-methyl/N-ethyl adjacent to an activating group) is 1. The summed E-state index contributed by atoms with van der Waals surface area (Å²) in [6.45, 7) is 9.13. The highest BCUT2D eigenvalue weighted by Gasteiger charge is 2.36. The van der Waals surface area contributed by atoms with Crippen molar-refractivity contribution in [2.24, 2.45) is 7.05 Å². The average molecular weight is 256 g/mol. The highest BCUT2D eigenvalue weighted by Crippen LogP contribution is 2.40. The third kappa shape index (κ3) is 1.73. The maximum Gasteiger partial charge on any atom is 0.0483 e. The normalized spacial score (nSPS) is 23.8. The molecule has 0 bridgehead atoms. The van der Waals surface area contributed by atoms with E-state index < -0.39 is 0 Å². The van der Waals surface area contributed by atoms with Crippen molar-refractivity contribution >= 4 is 10.9 Å². The van der Waals surface area contributed by atoms with E-state index in [0.29, 0.717) is 0 Å². The molecule has 0 saturated carbocycles. The molecule has 1 unspecified atom stereocenters. The molecule has 2 heterocycles. The molecule has 2 nitrogen and oxygen atoms in total. The van der Waals surface area contributed by atoms with Gasteiger partial charge in [-0.3, -0.25) is 0 Å². The first-order chi connectivity index (χ1) is 8.96. The maximum atomic E-state index is 2.47. The maximum absolute atomic E-state index is 2.47. The lowest BCUT2D eigenvalue weighted by atomic mass is 9.78. The van der Waals surface area contributed by atoms with E-state index in [9.17, 15) is 0 Å². The van der Waals surface area contributed by atoms with Crippen LogP contribution < -0.4 is 0 Å². The van der Waals surface area contributed by atoms with Gasteiger partial charge in [0.15, 0.2) is 0 Å². The zero-order valence-corrected chi connectivity index (χ0v) is 12.7. The van der Waals surface area contributed by atoms with Crippen LogP contribution in [0.4, 0.5) is 0 Å². The van der Waals surface area contributed by atoms with Gasteiger partial charge in [0, 0.05) is 42.1 Å². The summed E-state index contributed by atoms with van der Waals surface area (Å²) < 4.78 is 2.43. The Morgan fingerprint density at radius 3 is 2.68 bits per heavy atom. The van der Waals surface area contributed by atoms with Gasteiger partial charge >= 0.3 is 0 Å². The van der Waals surface area contributed by atoms with E-state index in [0.717, 1.165) is 13.1 Å². The van der Waals surface area contributed by atoms with E-state index in [2.05, 4.69) is 62.5 Å². The first-order valence-corrected chi connectivity index (χ1v) is 7.23. The van der Waals surface area contributed by atoms with Gasteiger partial charge in [0.25, 0.3) is 0 Å². The highest BCUT2D eigenvalue weighted by molar-refractivity contribution is 5.87. The molecule has 102 valence electrons. The summed E-state index contributed by atoms with van der Waals surface area (Å²) >= 11 is 0. The van der Waals surface area contributed by atoms with Crippen molar-refractivity contribution in [2.45, 2.75) is 39.2 Å². The first-order valence-electron chi connectivity index (χ1n) is 7.23. The largest absolute Gasteiger partial charge is 0.347 e. The molecule has 0 aliphatic carbocycles. The Morgan fingerprint density at radius 2 is 2.00 bits per heavy atom. The van der Waals surface area contributed by atoms with Gasteiger partial charge < -0.3 is 9.47 Å². The van der Waals surface area contributed by atoms with Gasteiger partial charge in [-0.2, -0.15) is 0 Å². The van der Waals surface area contributed by atoms with Crippen LogP contribution in [0, 0.1) is 6.92 Å². The molecule has 0 fully saturated rings. The fourth-order valence-electron chi connectivity index (χ4n) is 3.84. The van der Waals surface area contributed by atoms with Crippen molar-refractivity contribution in [1.82, 2.24) is 9.47 Å². The highest BCUT2D eigenvalue weighted by atomic mass is 15.1. The Labute approximate surface area is 116 Å². The predicted octanol–water partition coefficient (Wildman–Crippen LogP) is 3.60. The lowest BCUT2D eigenvalue weighted by Gasteiger charge is -2.39. The number of aryl methyl sites for hydroxylation is 2. The smallest absolute Gasteiger partial charge is 0.0483 e. The van der Waals surface area contributed by atoms with Crippen LogP contribution in [-0.2, 0) is 19.0 Å². The van der Waals surface area contributed by atoms with Crippen LogP contribution in [0.15, 0.2) is 18.2 Å². The molecule has 0 saturated heterocycles. The molecule has 1 aromatic heterocycles. The molecule has 0 amide bonds. The quantitative estimate of drug-likeness (QED) is 0.757. The van der Waals surface area contributed by atoms with Crippen molar-refractivity contribution in [3.63, 3.8) is 0 Å². The van der Waals surface area contributed by atoms with Crippen molar-refractivity contribution in [2.75, 3.05) is 13.6 Å². The summed E-state index contributed by atoms with van der Waals surface area (Å²) in [5, 5.41) is 1.45. The molecule has 2 aromatic rings. The van der Waals surface area contributed by atoms with Crippen molar-refractivity contribution in [3.8, 4) is 0 Å². The van der Waals surface area contributed by atoms with E-state index in [-0.39, 0.29) is 5.41 Å². The second-order valence-electron chi connectivity index (χ2n) is 6.49. The monoisotopic (exact) mass is 256 g/mol. The van der Waals surface area contributed by atoms with E-state index in [1.54, 1.807) is 11.3 Å². The molecular formula is C17H24N2. The lowest BCUT2D eigenvalue weighted by Crippen LogP contribution is -2.42. The zero-order valence-electron chi connectivity index (χ0n) is 12.7. The van der Waals surface area contributed by atoms with Gasteiger partial charge in [0.1, 0.15) is 0 Å². The number of aromatic nitrogens is 1. The number of hydrogen-bond acceptors (Lipinski definition) is 1. The molecule has 0 radical (unpaired) electrons. The molecule has 0 N–H and O–H groups in total. The van der Waals surface area contributed by atoms with Gasteiger partial charge in [-0.15, -0.1) is 0 Å². The number of nitrogens with zero attached hydrogens (tertiary/aromatic N) is 2. The predicted molar refractivity (Wildman–Crippen MR) is 81.6 cm³/mol. The van der Waals surface area contributed by atoms with Crippen LogP contribution >= 0.6 is 0 Å². The van der Waals surface area contributed by atoms with Crippen LogP contribution in [-0.4, -0.2) is 23.1 Å². The molecular weight excluding hydrogens is 232 g/mol. The van der Waals surface area contributed by atoms with Crippen LogP contribution in [0.1, 0.15) is 37.1 Å². The van der Waals surface area contributed by atoms with Crippen molar-refractivity contribution in [1.29, 1.82) is 0 Å². The van der Waals surface area contributed by atoms with E-state index >= 15 is 0 Å². The minimum Gasteiger partial charge on any atom is -0.347 e. The third-order valence-corrected chi connectivity index (χ3v) is 4.86. The molecule has 1 aliphatic rings. The molecule has 19 heavy (non-hydrogen) atoms. The molecule has 1 aliphatic heterocycles. The number of hydrogen-bond donors (Lipinski definition) is 0. The van der Waals surface area contributed by atoms with Crippen molar-refractivity contribution < 1.29 is 0 Å². The van der Waals surface area contributed by atoms with E-state index in [1.165, 1.54) is 22.9 Å². The standard InChI is InChI=1S/C17H24N2/c1-6-17(3)11-18(4)10-14-13-9-12(2)7-8-15(13)19(5)16(14)17/h7-9H,6,10-11H2,1-5H3. The SMILES string of the molecule is CCC1(C)CN(C)Cc2c1n(C)c1ccc(C)cc21. The molecule has 3 rings (SSSR count). The molecule has 0 spiro atoms. The minimum absolute atomic E-state index is 0.268. The molecule has 1 atom stereocenters. The Hall–Kier alpha value is -1.28. The fraction of sp³-hybridized carbons (Fsp3) is 0.529. The van der Waals surface area contributed by atoms with Gasteiger partial charge in [-0.1, -0.05) is 25.5 Å². The van der Waals surface area contributed by atoms with E-state index in [4.69, 9.17) is 0 Å². The second kappa shape index (κ2) is 4.11. The third-order valence-electron chi connectivity index (χ3n) is 4.86. The summed E-state index contributed by atoms with van der Waals surface area (Å²) in [6, 6.07) is 6.85. The van der Waals surface area contributed by atoms with Crippen LogP contribution in [0.2, 0.25) is 0 Å². The molecule has 1 aromatic carbocycles. The Balaban J connectivity index is 2.37. The summed E-state index contributed by atoms with van der Waals surface area (Å²) in [5.74, 6) is 0. The summed E-state index contributed by atoms with van der Waals surface area (Å²) in [6.07, 6.45) is 1.19. The summed E-state index contributed by atoms with van der Waals surface area (Å²) in [4.78, 5) is 2.47. The Kier molecular flexibility index (Phi) is 2.75.